The third-order valence-corrected chi connectivity index (χ3v) is 2.27. The number of pyridine rings is 1. The average molecular weight is 272 g/mol. The third-order valence-electron chi connectivity index (χ3n) is 1.78. The van der Waals surface area contributed by atoms with E-state index in [0.717, 1.165) is 11.0 Å². The van der Waals surface area contributed by atoms with Gasteiger partial charge in [-0.15, -0.1) is 0 Å². The van der Waals surface area contributed by atoms with E-state index in [0.29, 0.717) is 12.2 Å². The van der Waals surface area contributed by atoms with Gasteiger partial charge in [-0.1, -0.05) is 15.9 Å². The molecule has 0 bridgehead atoms. The lowest BCUT2D eigenvalue weighted by Gasteiger charge is -2.09. The van der Waals surface area contributed by atoms with Crippen LogP contribution in [0, 0.1) is 0 Å². The van der Waals surface area contributed by atoms with Crippen LogP contribution in [0.3, 0.4) is 0 Å². The van der Waals surface area contributed by atoms with Crippen LogP contribution in [0.5, 0.6) is 0 Å². The molecule has 0 aliphatic heterocycles. The van der Waals surface area contributed by atoms with Crippen LogP contribution in [0.1, 0.15) is 6.42 Å². The van der Waals surface area contributed by atoms with Crippen LogP contribution in [-0.4, -0.2) is 36.4 Å². The summed E-state index contributed by atoms with van der Waals surface area (Å²) in [5.41, 5.74) is 0. The highest BCUT2D eigenvalue weighted by Gasteiger charge is 2.03. The maximum Gasteiger partial charge on any atom is 0.226 e. The number of aromatic nitrogens is 1. The minimum Gasteiger partial charge on any atom is -0.311 e. The molecule has 82 valence electrons. The highest BCUT2D eigenvalue weighted by Crippen LogP contribution is 2.12. The van der Waals surface area contributed by atoms with Gasteiger partial charge in [0.25, 0.3) is 0 Å². The lowest BCUT2D eigenvalue weighted by Crippen LogP contribution is -2.21. The number of nitrogens with one attached hydrogen (secondary N) is 1. The van der Waals surface area contributed by atoms with E-state index in [4.69, 9.17) is 0 Å². The fraction of sp³-hybridized carbons (Fsp3) is 0.400. The number of halogens is 1. The molecule has 0 saturated carbocycles. The lowest BCUT2D eigenvalue weighted by atomic mass is 10.3. The van der Waals surface area contributed by atoms with E-state index in [1.165, 1.54) is 0 Å². The molecule has 0 spiro atoms. The Morgan fingerprint density at radius 2 is 2.33 bits per heavy atom. The van der Waals surface area contributed by atoms with Gasteiger partial charge >= 0.3 is 0 Å². The molecule has 0 aromatic carbocycles. The quantitative estimate of drug-likeness (QED) is 0.908. The van der Waals surface area contributed by atoms with Crippen LogP contribution in [0.4, 0.5) is 5.82 Å². The third kappa shape index (κ3) is 4.90. The molecule has 0 atom stereocenters. The number of carbonyl (C=O) groups is 1. The first-order valence-corrected chi connectivity index (χ1v) is 5.43. The highest BCUT2D eigenvalue weighted by molar-refractivity contribution is 9.10. The van der Waals surface area contributed by atoms with Crippen LogP contribution in [0.15, 0.2) is 22.8 Å². The normalized spacial score (nSPS) is 10.4. The number of hydrogen-bond acceptors (Lipinski definition) is 3. The van der Waals surface area contributed by atoms with Gasteiger partial charge in [0.15, 0.2) is 0 Å². The Morgan fingerprint density at radius 1 is 1.60 bits per heavy atom. The monoisotopic (exact) mass is 271 g/mol. The zero-order valence-electron chi connectivity index (χ0n) is 8.83. The Hall–Kier alpha value is -0.940. The fourth-order valence-electron chi connectivity index (χ4n) is 1.00. The second-order valence-corrected chi connectivity index (χ2v) is 4.38. The molecule has 1 N–H and O–H groups in total. The molecular weight excluding hydrogens is 258 g/mol. The van der Waals surface area contributed by atoms with E-state index < -0.39 is 0 Å². The van der Waals surface area contributed by atoms with Gasteiger partial charge in [0.2, 0.25) is 5.91 Å². The Bertz CT molecular complexity index is 341. The minimum absolute atomic E-state index is 0.0192. The van der Waals surface area contributed by atoms with E-state index in [9.17, 15) is 4.79 Å². The smallest absolute Gasteiger partial charge is 0.226 e. The van der Waals surface area contributed by atoms with Gasteiger partial charge in [0, 0.05) is 23.6 Å². The molecule has 0 saturated heterocycles. The van der Waals surface area contributed by atoms with E-state index in [-0.39, 0.29) is 5.91 Å². The molecule has 0 fully saturated rings. The standard InChI is InChI=1S/C10H14BrN3O/c1-14(2)6-4-10(15)13-9-7-8(11)3-5-12-9/h3,5,7H,4,6H2,1-2H3,(H,12,13,15). The van der Waals surface area contributed by atoms with Crippen LogP contribution in [0.2, 0.25) is 0 Å². The zero-order valence-corrected chi connectivity index (χ0v) is 10.4. The van der Waals surface area contributed by atoms with Crippen LogP contribution in [-0.2, 0) is 4.79 Å². The van der Waals surface area contributed by atoms with Gasteiger partial charge in [-0.25, -0.2) is 4.98 Å². The van der Waals surface area contributed by atoms with Gasteiger partial charge in [-0.2, -0.15) is 0 Å². The number of hydrogen-bond donors (Lipinski definition) is 1. The number of anilines is 1. The number of rotatable bonds is 4. The van der Waals surface area contributed by atoms with Crippen LogP contribution >= 0.6 is 15.9 Å². The molecule has 4 nitrogen and oxygen atoms in total. The second-order valence-electron chi connectivity index (χ2n) is 3.46. The van der Waals surface area contributed by atoms with Crippen molar-refractivity contribution in [1.29, 1.82) is 0 Å². The van der Waals surface area contributed by atoms with Gasteiger partial charge < -0.3 is 10.2 Å². The van der Waals surface area contributed by atoms with Crippen molar-refractivity contribution >= 4 is 27.7 Å². The minimum atomic E-state index is -0.0192. The summed E-state index contributed by atoms with van der Waals surface area (Å²) in [4.78, 5) is 17.4. The molecule has 0 aliphatic carbocycles. The summed E-state index contributed by atoms with van der Waals surface area (Å²) < 4.78 is 0.903. The Morgan fingerprint density at radius 3 is 2.93 bits per heavy atom. The molecule has 0 unspecified atom stereocenters. The number of amides is 1. The molecule has 0 aliphatic rings. The summed E-state index contributed by atoms with van der Waals surface area (Å²) in [5, 5.41) is 2.73. The molecule has 0 radical (unpaired) electrons. The molecule has 15 heavy (non-hydrogen) atoms. The Kier molecular flexibility index (Phi) is 4.71. The summed E-state index contributed by atoms with van der Waals surface area (Å²) in [6.45, 7) is 0.736. The van der Waals surface area contributed by atoms with E-state index >= 15 is 0 Å². The molecule has 1 rings (SSSR count). The molecular formula is C10H14BrN3O. The van der Waals surface area contributed by atoms with Crippen LogP contribution in [0.25, 0.3) is 0 Å². The maximum atomic E-state index is 11.4. The van der Waals surface area contributed by atoms with Gasteiger partial charge in [-0.3, -0.25) is 4.79 Å². The van der Waals surface area contributed by atoms with E-state index in [2.05, 4.69) is 26.2 Å². The first-order chi connectivity index (χ1) is 7.08. The van der Waals surface area contributed by atoms with Gasteiger partial charge in [0.1, 0.15) is 5.82 Å². The van der Waals surface area contributed by atoms with Crippen molar-refractivity contribution in [1.82, 2.24) is 9.88 Å². The van der Waals surface area contributed by atoms with Gasteiger partial charge in [0.05, 0.1) is 0 Å². The van der Waals surface area contributed by atoms with Crippen molar-refractivity contribution in [3.05, 3.63) is 22.8 Å². The van der Waals surface area contributed by atoms with Crippen molar-refractivity contribution in [3.8, 4) is 0 Å². The summed E-state index contributed by atoms with van der Waals surface area (Å²) in [6.07, 6.45) is 2.12. The number of nitrogens with zero attached hydrogens (tertiary/aromatic N) is 2. The molecule has 1 aromatic heterocycles. The van der Waals surface area contributed by atoms with E-state index in [1.807, 2.05) is 25.1 Å². The predicted octanol–water partition coefficient (Wildman–Crippen LogP) is 1.73. The first kappa shape index (κ1) is 12.1. The van der Waals surface area contributed by atoms with Crippen molar-refractivity contribution in [2.24, 2.45) is 0 Å². The summed E-state index contributed by atoms with van der Waals surface area (Å²) in [6, 6.07) is 3.59. The topological polar surface area (TPSA) is 45.2 Å². The van der Waals surface area contributed by atoms with Crippen molar-refractivity contribution in [2.45, 2.75) is 6.42 Å². The largest absolute Gasteiger partial charge is 0.311 e. The molecule has 1 heterocycles. The van der Waals surface area contributed by atoms with Crippen LogP contribution < -0.4 is 5.32 Å². The summed E-state index contributed by atoms with van der Waals surface area (Å²) in [5.74, 6) is 0.558. The maximum absolute atomic E-state index is 11.4. The van der Waals surface area contributed by atoms with E-state index in [1.54, 1.807) is 12.3 Å². The summed E-state index contributed by atoms with van der Waals surface area (Å²) in [7, 11) is 3.87. The fourth-order valence-corrected chi connectivity index (χ4v) is 1.34. The highest BCUT2D eigenvalue weighted by atomic mass is 79.9. The van der Waals surface area contributed by atoms with Crippen molar-refractivity contribution in [2.75, 3.05) is 26.0 Å². The predicted molar refractivity (Wildman–Crippen MR) is 63.7 cm³/mol. The molecule has 5 heteroatoms. The van der Waals surface area contributed by atoms with Crippen molar-refractivity contribution < 1.29 is 4.79 Å². The average Bonchev–Trinajstić information content (AvgIpc) is 2.15. The summed E-state index contributed by atoms with van der Waals surface area (Å²) >= 11 is 3.31. The SMILES string of the molecule is CN(C)CCC(=O)Nc1cc(Br)ccn1. The molecule has 1 aromatic rings. The van der Waals surface area contributed by atoms with Crippen molar-refractivity contribution in [3.63, 3.8) is 0 Å². The molecule has 1 amide bonds. The Balaban J connectivity index is 2.44. The first-order valence-electron chi connectivity index (χ1n) is 4.64. The number of carbonyl (C=O) groups excluding carboxylic acids is 1. The second kappa shape index (κ2) is 5.82. The van der Waals surface area contributed by atoms with Gasteiger partial charge in [-0.05, 0) is 26.2 Å². The Labute approximate surface area is 97.8 Å². The lowest BCUT2D eigenvalue weighted by molar-refractivity contribution is -0.116. The zero-order chi connectivity index (χ0) is 11.3.